The van der Waals surface area contributed by atoms with E-state index in [2.05, 4.69) is 44.5 Å². The highest BCUT2D eigenvalue weighted by Gasteiger charge is 2.30. The van der Waals surface area contributed by atoms with Crippen molar-refractivity contribution in [1.29, 1.82) is 0 Å². The Bertz CT molecular complexity index is 1460. The summed E-state index contributed by atoms with van der Waals surface area (Å²) < 4.78 is 45.5. The van der Waals surface area contributed by atoms with Crippen molar-refractivity contribution in [2.45, 2.75) is 32.0 Å². The second-order valence-corrected chi connectivity index (χ2v) is 10.7. The van der Waals surface area contributed by atoms with Gasteiger partial charge < -0.3 is 25.2 Å². The number of anilines is 5. The van der Waals surface area contributed by atoms with Crippen LogP contribution in [0, 0.1) is 6.92 Å². The van der Waals surface area contributed by atoms with Crippen molar-refractivity contribution in [3.63, 3.8) is 0 Å². The van der Waals surface area contributed by atoms with Crippen molar-refractivity contribution in [3.05, 3.63) is 59.0 Å². The van der Waals surface area contributed by atoms with Gasteiger partial charge in [0.15, 0.2) is 0 Å². The molecule has 1 fully saturated rings. The van der Waals surface area contributed by atoms with Crippen LogP contribution in [0.25, 0.3) is 10.2 Å². The third kappa shape index (κ3) is 5.89. The molecule has 0 atom stereocenters. The SMILES string of the molecule is COc1cc(Nc2nc(Nc3cccc(C(F)(F)F)c3)c3c(C)csc3n2)ccc1N1CCC(N(C)C)CC1. The number of aryl methyl sites for hydroxylation is 1. The van der Waals surface area contributed by atoms with Crippen LogP contribution in [0.3, 0.4) is 0 Å². The molecular weight excluding hydrogens is 525 g/mol. The molecule has 39 heavy (non-hydrogen) atoms. The van der Waals surface area contributed by atoms with Crippen LogP contribution in [0.2, 0.25) is 0 Å². The Kier molecular flexibility index (Phi) is 7.55. The zero-order chi connectivity index (χ0) is 27.7. The molecule has 1 saturated heterocycles. The molecule has 0 aliphatic carbocycles. The van der Waals surface area contributed by atoms with Gasteiger partial charge in [-0.2, -0.15) is 18.2 Å². The molecule has 1 aliphatic rings. The lowest BCUT2D eigenvalue weighted by Gasteiger charge is -2.37. The van der Waals surface area contributed by atoms with Gasteiger partial charge in [-0.1, -0.05) is 6.07 Å². The number of halogens is 3. The van der Waals surface area contributed by atoms with E-state index in [0.29, 0.717) is 23.5 Å². The maximum Gasteiger partial charge on any atom is 0.416 e. The Labute approximate surface area is 229 Å². The smallest absolute Gasteiger partial charge is 0.416 e. The van der Waals surface area contributed by atoms with Gasteiger partial charge in [0.2, 0.25) is 5.95 Å². The topological polar surface area (TPSA) is 65.5 Å². The summed E-state index contributed by atoms with van der Waals surface area (Å²) in [6.07, 6.45) is -2.25. The van der Waals surface area contributed by atoms with Crippen molar-refractivity contribution in [3.8, 4) is 5.75 Å². The molecular formula is C28H31F3N6OS. The van der Waals surface area contributed by atoms with Gasteiger partial charge in [0.05, 0.1) is 23.7 Å². The second-order valence-electron chi connectivity index (χ2n) is 9.89. The molecule has 7 nitrogen and oxygen atoms in total. The standard InChI is InChI=1S/C28H31F3N6OS/c1-17-16-39-26-24(17)25(32-19-7-5-6-18(14-19)28(29,30)31)34-27(35-26)33-20-8-9-22(23(15-20)38-4)37-12-10-21(11-13-37)36(2)3/h5-9,14-16,21H,10-13H2,1-4H3,(H2,32,33,34,35). The minimum atomic E-state index is -4.43. The van der Waals surface area contributed by atoms with Crippen molar-refractivity contribution < 1.29 is 17.9 Å². The monoisotopic (exact) mass is 556 g/mol. The van der Waals surface area contributed by atoms with E-state index >= 15 is 0 Å². The first-order valence-corrected chi connectivity index (χ1v) is 13.6. The average molecular weight is 557 g/mol. The molecule has 4 aromatic rings. The molecule has 2 N–H and O–H groups in total. The third-order valence-electron chi connectivity index (χ3n) is 7.04. The normalized spacial score (nSPS) is 14.7. The Morgan fingerprint density at radius 3 is 2.46 bits per heavy atom. The fourth-order valence-electron chi connectivity index (χ4n) is 4.91. The number of nitrogens with one attached hydrogen (secondary N) is 2. The lowest BCUT2D eigenvalue weighted by atomic mass is 10.0. The molecule has 2 aromatic carbocycles. The van der Waals surface area contributed by atoms with E-state index in [9.17, 15) is 13.2 Å². The molecule has 0 amide bonds. The lowest BCUT2D eigenvalue weighted by molar-refractivity contribution is -0.137. The molecule has 11 heteroatoms. The summed E-state index contributed by atoms with van der Waals surface area (Å²) in [4.78, 5) is 14.7. The molecule has 0 radical (unpaired) electrons. The molecule has 5 rings (SSSR count). The average Bonchev–Trinajstić information content (AvgIpc) is 3.29. The van der Waals surface area contributed by atoms with Crippen molar-refractivity contribution >= 4 is 50.4 Å². The fraction of sp³-hybridized carbons (Fsp3) is 0.357. The van der Waals surface area contributed by atoms with E-state index in [4.69, 9.17) is 4.74 Å². The van der Waals surface area contributed by atoms with Gasteiger partial charge in [-0.3, -0.25) is 0 Å². The Morgan fingerprint density at radius 2 is 1.77 bits per heavy atom. The molecule has 0 unspecified atom stereocenters. The summed E-state index contributed by atoms with van der Waals surface area (Å²) in [5.41, 5.74) is 2.30. The number of alkyl halides is 3. The van der Waals surface area contributed by atoms with Crippen LogP contribution in [0.15, 0.2) is 47.8 Å². The summed E-state index contributed by atoms with van der Waals surface area (Å²) in [6.45, 7) is 3.83. The quantitative estimate of drug-likeness (QED) is 0.253. The second kappa shape index (κ2) is 10.9. The first kappa shape index (κ1) is 27.0. The van der Waals surface area contributed by atoms with E-state index in [0.717, 1.165) is 71.0 Å². The lowest BCUT2D eigenvalue weighted by Crippen LogP contribution is -2.42. The molecule has 1 aliphatic heterocycles. The highest BCUT2D eigenvalue weighted by molar-refractivity contribution is 7.17. The van der Waals surface area contributed by atoms with Crippen molar-refractivity contribution in [2.24, 2.45) is 0 Å². The summed E-state index contributed by atoms with van der Waals surface area (Å²) in [7, 11) is 5.90. The van der Waals surface area contributed by atoms with E-state index in [-0.39, 0.29) is 0 Å². The number of hydrogen-bond acceptors (Lipinski definition) is 8. The number of ether oxygens (including phenoxy) is 1. The number of benzene rings is 2. The van der Waals surface area contributed by atoms with Crippen LogP contribution in [-0.4, -0.2) is 55.2 Å². The predicted molar refractivity (Wildman–Crippen MR) is 152 cm³/mol. The number of hydrogen-bond donors (Lipinski definition) is 2. The van der Waals surface area contributed by atoms with Gasteiger partial charge in [0, 0.05) is 36.6 Å². The Hall–Kier alpha value is -3.57. The van der Waals surface area contributed by atoms with Crippen LogP contribution in [0.5, 0.6) is 5.75 Å². The first-order valence-electron chi connectivity index (χ1n) is 12.7. The fourth-order valence-corrected chi connectivity index (χ4v) is 5.83. The number of piperidine rings is 1. The number of nitrogens with zero attached hydrogens (tertiary/aromatic N) is 4. The van der Waals surface area contributed by atoms with Gasteiger partial charge in [0.1, 0.15) is 16.4 Å². The number of rotatable bonds is 7. The Morgan fingerprint density at radius 1 is 1.03 bits per heavy atom. The zero-order valence-corrected chi connectivity index (χ0v) is 23.1. The van der Waals surface area contributed by atoms with E-state index in [1.165, 1.54) is 17.4 Å². The minimum Gasteiger partial charge on any atom is -0.495 e. The maximum atomic E-state index is 13.3. The number of thiophene rings is 1. The van der Waals surface area contributed by atoms with Gasteiger partial charge in [0.25, 0.3) is 0 Å². The van der Waals surface area contributed by atoms with Crippen LogP contribution in [0.4, 0.5) is 42.0 Å². The van der Waals surface area contributed by atoms with Crippen LogP contribution in [0.1, 0.15) is 24.0 Å². The Balaban J connectivity index is 1.41. The van der Waals surface area contributed by atoms with Crippen LogP contribution in [-0.2, 0) is 6.18 Å². The third-order valence-corrected chi connectivity index (χ3v) is 8.03. The van der Waals surface area contributed by atoms with Gasteiger partial charge >= 0.3 is 6.18 Å². The number of aromatic nitrogens is 2. The predicted octanol–water partition coefficient (Wildman–Crippen LogP) is 7.04. The van der Waals surface area contributed by atoms with Crippen LogP contribution >= 0.6 is 11.3 Å². The number of fused-ring (bicyclic) bond motifs is 1. The summed E-state index contributed by atoms with van der Waals surface area (Å²) in [5, 5.41) is 9.06. The molecule has 0 bridgehead atoms. The molecule has 2 aromatic heterocycles. The highest BCUT2D eigenvalue weighted by Crippen LogP contribution is 2.37. The summed E-state index contributed by atoms with van der Waals surface area (Å²) >= 11 is 1.46. The summed E-state index contributed by atoms with van der Waals surface area (Å²) in [6, 6.07) is 11.6. The largest absolute Gasteiger partial charge is 0.495 e. The number of methoxy groups -OCH3 is 1. The molecule has 3 heterocycles. The molecule has 0 spiro atoms. The highest BCUT2D eigenvalue weighted by atomic mass is 32.1. The summed E-state index contributed by atoms with van der Waals surface area (Å²) in [5.74, 6) is 1.52. The van der Waals surface area contributed by atoms with E-state index in [1.807, 2.05) is 30.5 Å². The first-order chi connectivity index (χ1) is 18.6. The van der Waals surface area contributed by atoms with Gasteiger partial charge in [-0.15, -0.1) is 11.3 Å². The minimum absolute atomic E-state index is 0.297. The van der Waals surface area contributed by atoms with Crippen LogP contribution < -0.4 is 20.3 Å². The maximum absolute atomic E-state index is 13.3. The molecule has 206 valence electrons. The van der Waals surface area contributed by atoms with E-state index in [1.54, 1.807) is 13.2 Å². The van der Waals surface area contributed by atoms with Gasteiger partial charge in [-0.25, -0.2) is 4.98 Å². The van der Waals surface area contributed by atoms with Crippen molar-refractivity contribution in [2.75, 3.05) is 49.8 Å². The van der Waals surface area contributed by atoms with Gasteiger partial charge in [-0.05, 0) is 75.1 Å². The van der Waals surface area contributed by atoms with Crippen molar-refractivity contribution in [1.82, 2.24) is 14.9 Å². The zero-order valence-electron chi connectivity index (χ0n) is 22.3. The molecule has 0 saturated carbocycles. The van der Waals surface area contributed by atoms with E-state index < -0.39 is 11.7 Å².